The number of nitrogens with zero attached hydrogens (tertiary/aromatic N) is 3. The van der Waals surface area contributed by atoms with Crippen LogP contribution in [-0.2, 0) is 38.8 Å². The van der Waals surface area contributed by atoms with Crippen molar-refractivity contribution in [2.45, 2.75) is 44.4 Å². The fraction of sp³-hybridized carbons (Fsp3) is 0.276. The molecule has 0 spiro atoms. The van der Waals surface area contributed by atoms with Gasteiger partial charge in [-0.25, -0.2) is 9.67 Å². The number of nitrogens with two attached hydrogens (primary N) is 1. The normalized spacial score (nSPS) is 20.9. The van der Waals surface area contributed by atoms with Crippen LogP contribution in [0.4, 0.5) is 0 Å². The van der Waals surface area contributed by atoms with Gasteiger partial charge < -0.3 is 24.7 Å². The number of aromatic nitrogens is 3. The second-order valence-corrected chi connectivity index (χ2v) is 9.00. The molecule has 38 heavy (non-hydrogen) atoms. The number of ether oxygens (including phenoxy) is 4. The highest BCUT2D eigenvalue weighted by atomic mass is 16.6. The molecule has 1 aromatic heterocycles. The van der Waals surface area contributed by atoms with Gasteiger partial charge in [-0.05, 0) is 16.7 Å². The van der Waals surface area contributed by atoms with Crippen LogP contribution in [0.1, 0.15) is 33.5 Å². The van der Waals surface area contributed by atoms with Gasteiger partial charge in [0.05, 0.1) is 26.4 Å². The highest BCUT2D eigenvalue weighted by molar-refractivity contribution is 5.88. The van der Waals surface area contributed by atoms with E-state index in [9.17, 15) is 4.79 Å². The molecule has 196 valence electrons. The van der Waals surface area contributed by atoms with E-state index < -0.39 is 30.4 Å². The summed E-state index contributed by atoms with van der Waals surface area (Å²) in [6, 6.07) is 29.7. The van der Waals surface area contributed by atoms with Crippen LogP contribution in [0.3, 0.4) is 0 Å². The van der Waals surface area contributed by atoms with Crippen molar-refractivity contribution in [2.24, 2.45) is 5.73 Å². The monoisotopic (exact) mass is 514 g/mol. The lowest BCUT2D eigenvalue weighted by molar-refractivity contribution is -0.0934. The lowest BCUT2D eigenvalue weighted by Gasteiger charge is -2.25. The number of carbonyl (C=O) groups excluding carboxylic acids is 1. The Bertz CT molecular complexity index is 1290. The molecule has 1 fully saturated rings. The van der Waals surface area contributed by atoms with E-state index in [2.05, 4.69) is 10.1 Å². The van der Waals surface area contributed by atoms with Crippen LogP contribution in [0.5, 0.6) is 0 Å². The van der Waals surface area contributed by atoms with E-state index in [1.54, 1.807) is 0 Å². The van der Waals surface area contributed by atoms with Gasteiger partial charge in [-0.2, -0.15) is 0 Å². The molecule has 9 nitrogen and oxygen atoms in total. The van der Waals surface area contributed by atoms with Gasteiger partial charge in [0.25, 0.3) is 5.91 Å². The molecule has 3 aromatic carbocycles. The summed E-state index contributed by atoms with van der Waals surface area (Å²) in [5.41, 5.74) is 8.48. The van der Waals surface area contributed by atoms with Crippen molar-refractivity contribution in [3.05, 3.63) is 120 Å². The van der Waals surface area contributed by atoms with Gasteiger partial charge >= 0.3 is 0 Å². The van der Waals surface area contributed by atoms with Gasteiger partial charge in [-0.3, -0.25) is 4.79 Å². The predicted molar refractivity (Wildman–Crippen MR) is 139 cm³/mol. The van der Waals surface area contributed by atoms with Crippen LogP contribution < -0.4 is 5.73 Å². The van der Waals surface area contributed by atoms with Gasteiger partial charge in [0.2, 0.25) is 5.82 Å². The predicted octanol–water partition coefficient (Wildman–Crippen LogP) is 3.66. The summed E-state index contributed by atoms with van der Waals surface area (Å²) in [6.45, 7) is 1.41. The number of benzene rings is 3. The third kappa shape index (κ3) is 6.51. The third-order valence-corrected chi connectivity index (χ3v) is 6.24. The van der Waals surface area contributed by atoms with Crippen molar-refractivity contribution < 1.29 is 23.7 Å². The summed E-state index contributed by atoms with van der Waals surface area (Å²) in [7, 11) is 0. The first-order chi connectivity index (χ1) is 18.7. The Morgan fingerprint density at radius 3 is 1.84 bits per heavy atom. The standard InChI is InChI=1S/C29H30N4O5/c30-27(34)28-31-20-33(32-28)29-26(37-18-23-14-8-3-9-15-23)25(36-17-22-12-6-2-7-13-22)24(38-29)19-35-16-21-10-4-1-5-11-21/h1-15,20,24-26,29H,16-19H2,(H2,30,34)/t24-,25-,26+,29+/m1/s1. The zero-order valence-electron chi connectivity index (χ0n) is 20.8. The number of hydrogen-bond donors (Lipinski definition) is 1. The van der Waals surface area contributed by atoms with Gasteiger partial charge in [-0.1, -0.05) is 91.0 Å². The Hall–Kier alpha value is -3.89. The van der Waals surface area contributed by atoms with Crippen molar-refractivity contribution in [2.75, 3.05) is 6.61 Å². The highest BCUT2D eigenvalue weighted by Gasteiger charge is 2.48. The molecule has 9 heteroatoms. The first kappa shape index (κ1) is 25.7. The van der Waals surface area contributed by atoms with Crippen LogP contribution in [-0.4, -0.2) is 45.6 Å². The fourth-order valence-corrected chi connectivity index (χ4v) is 4.35. The van der Waals surface area contributed by atoms with Crippen LogP contribution >= 0.6 is 0 Å². The SMILES string of the molecule is NC(=O)c1ncn([C@H]2O[C@H](COCc3ccccc3)[C@@H](OCc3ccccc3)[C@@H]2OCc2ccccc2)n1. The Kier molecular flexibility index (Phi) is 8.52. The molecule has 0 bridgehead atoms. The molecule has 1 aliphatic heterocycles. The number of hydrogen-bond acceptors (Lipinski definition) is 7. The quantitative estimate of drug-likeness (QED) is 0.307. The lowest BCUT2D eigenvalue weighted by Crippen LogP contribution is -2.38. The van der Waals surface area contributed by atoms with Crippen molar-refractivity contribution in [3.8, 4) is 0 Å². The van der Waals surface area contributed by atoms with E-state index in [0.29, 0.717) is 19.8 Å². The van der Waals surface area contributed by atoms with Crippen molar-refractivity contribution in [3.63, 3.8) is 0 Å². The van der Waals surface area contributed by atoms with Gasteiger partial charge in [0, 0.05) is 0 Å². The van der Waals surface area contributed by atoms with Gasteiger partial charge in [0.1, 0.15) is 24.6 Å². The Morgan fingerprint density at radius 1 is 0.789 bits per heavy atom. The van der Waals surface area contributed by atoms with Crippen molar-refractivity contribution >= 4 is 5.91 Å². The van der Waals surface area contributed by atoms with Crippen LogP contribution in [0, 0.1) is 0 Å². The largest absolute Gasteiger partial charge is 0.374 e. The molecule has 4 aromatic rings. The van der Waals surface area contributed by atoms with Crippen molar-refractivity contribution in [1.29, 1.82) is 0 Å². The first-order valence-electron chi connectivity index (χ1n) is 12.5. The molecular weight excluding hydrogens is 484 g/mol. The smallest absolute Gasteiger partial charge is 0.288 e. The van der Waals surface area contributed by atoms with Gasteiger partial charge in [-0.15, -0.1) is 5.10 Å². The molecule has 0 saturated carbocycles. The summed E-state index contributed by atoms with van der Waals surface area (Å²) >= 11 is 0. The Labute approximate surface area is 221 Å². The lowest BCUT2D eigenvalue weighted by atomic mass is 10.1. The zero-order chi connectivity index (χ0) is 26.2. The van der Waals surface area contributed by atoms with E-state index >= 15 is 0 Å². The van der Waals surface area contributed by atoms with Crippen LogP contribution in [0.15, 0.2) is 97.3 Å². The number of amides is 1. The minimum atomic E-state index is -0.719. The molecule has 0 unspecified atom stereocenters. The average Bonchev–Trinajstić information content (AvgIpc) is 3.58. The zero-order valence-corrected chi connectivity index (χ0v) is 20.8. The summed E-state index contributed by atoms with van der Waals surface area (Å²) in [6.07, 6.45) is -0.794. The number of rotatable bonds is 12. The Morgan fingerprint density at radius 2 is 1.32 bits per heavy atom. The summed E-state index contributed by atoms with van der Waals surface area (Å²) in [5.74, 6) is -0.816. The minimum Gasteiger partial charge on any atom is -0.374 e. The molecular formula is C29H30N4O5. The summed E-state index contributed by atoms with van der Waals surface area (Å²) in [4.78, 5) is 15.7. The molecule has 2 N–H and O–H groups in total. The van der Waals surface area contributed by atoms with Crippen LogP contribution in [0.25, 0.3) is 0 Å². The molecule has 4 atom stereocenters. The molecule has 1 aliphatic rings. The molecule has 1 amide bonds. The molecule has 5 rings (SSSR count). The maximum absolute atomic E-state index is 11.7. The fourth-order valence-electron chi connectivity index (χ4n) is 4.35. The van der Waals surface area contributed by atoms with E-state index in [0.717, 1.165) is 16.7 Å². The van der Waals surface area contributed by atoms with Crippen LogP contribution in [0.2, 0.25) is 0 Å². The maximum atomic E-state index is 11.7. The number of primary amides is 1. The third-order valence-electron chi connectivity index (χ3n) is 6.24. The van der Waals surface area contributed by atoms with E-state index in [1.807, 2.05) is 91.0 Å². The van der Waals surface area contributed by atoms with E-state index in [1.165, 1.54) is 11.0 Å². The summed E-state index contributed by atoms with van der Waals surface area (Å²) < 4.78 is 26.8. The molecule has 0 aliphatic carbocycles. The minimum absolute atomic E-state index is 0.0964. The average molecular weight is 515 g/mol. The first-order valence-corrected chi connectivity index (χ1v) is 12.5. The van der Waals surface area contributed by atoms with Crippen molar-refractivity contribution in [1.82, 2.24) is 14.8 Å². The highest BCUT2D eigenvalue weighted by Crippen LogP contribution is 2.35. The molecule has 0 radical (unpaired) electrons. The van der Waals surface area contributed by atoms with Gasteiger partial charge in [0.15, 0.2) is 6.23 Å². The second-order valence-electron chi connectivity index (χ2n) is 9.00. The molecule has 2 heterocycles. The second kappa shape index (κ2) is 12.6. The number of carbonyl (C=O) groups is 1. The molecule has 1 saturated heterocycles. The maximum Gasteiger partial charge on any atom is 0.288 e. The van der Waals surface area contributed by atoms with E-state index in [-0.39, 0.29) is 12.4 Å². The Balaban J connectivity index is 1.38. The topological polar surface area (TPSA) is 111 Å². The summed E-state index contributed by atoms with van der Waals surface area (Å²) in [5, 5.41) is 4.24. The van der Waals surface area contributed by atoms with E-state index in [4.69, 9.17) is 24.7 Å².